The van der Waals surface area contributed by atoms with Gasteiger partial charge in [0.2, 0.25) is 5.91 Å². The van der Waals surface area contributed by atoms with Crippen LogP contribution in [-0.2, 0) is 17.8 Å². The van der Waals surface area contributed by atoms with Gasteiger partial charge in [-0.3, -0.25) is 9.78 Å². The number of carbonyl (C=O) groups is 1. The first-order chi connectivity index (χ1) is 12.3. The Bertz CT molecular complexity index is 1110. The molecule has 1 atom stereocenters. The number of nitrogens with one attached hydrogen (secondary N) is 1. The summed E-state index contributed by atoms with van der Waals surface area (Å²) in [5.41, 5.74) is 4.06. The quantitative estimate of drug-likeness (QED) is 0.605. The Balaban J connectivity index is 1.42. The molecule has 4 nitrogen and oxygen atoms in total. The monoisotopic (exact) mass is 327 g/mol. The standard InChI is InChI=1S/C21H17N3O/c25-21(23-18-8-3-6-14-7-4-10-22-20(14)18)16-12-17-11-15-5-1-2-9-19(15)24(17)13-16/h1-11,16H,12-13H2,(H,23,25). The van der Waals surface area contributed by atoms with E-state index in [2.05, 4.69) is 39.1 Å². The number of anilines is 1. The average Bonchev–Trinajstić information content (AvgIpc) is 3.20. The summed E-state index contributed by atoms with van der Waals surface area (Å²) in [5.74, 6) is 0.0181. The number of aromatic nitrogens is 2. The van der Waals surface area contributed by atoms with Crippen molar-refractivity contribution >= 4 is 33.4 Å². The molecule has 0 spiro atoms. The summed E-state index contributed by atoms with van der Waals surface area (Å²) in [6.45, 7) is 0.729. The van der Waals surface area contributed by atoms with Gasteiger partial charge in [0.25, 0.3) is 0 Å². The van der Waals surface area contributed by atoms with Gasteiger partial charge in [-0.2, -0.15) is 0 Å². The molecule has 4 heteroatoms. The molecule has 0 saturated carbocycles. The van der Waals surface area contributed by atoms with Crippen molar-refractivity contribution in [1.82, 2.24) is 9.55 Å². The highest BCUT2D eigenvalue weighted by Gasteiger charge is 2.29. The molecule has 5 rings (SSSR count). The van der Waals surface area contributed by atoms with E-state index in [1.807, 2.05) is 36.4 Å². The third kappa shape index (κ3) is 2.30. The zero-order chi connectivity index (χ0) is 16.8. The molecule has 0 saturated heterocycles. The maximum atomic E-state index is 12.8. The molecule has 0 radical (unpaired) electrons. The summed E-state index contributed by atoms with van der Waals surface area (Å²) in [4.78, 5) is 17.2. The van der Waals surface area contributed by atoms with Crippen molar-refractivity contribution in [3.8, 4) is 0 Å². The minimum Gasteiger partial charge on any atom is -0.344 e. The van der Waals surface area contributed by atoms with E-state index in [1.165, 1.54) is 16.6 Å². The molecule has 0 aliphatic carbocycles. The van der Waals surface area contributed by atoms with Crippen LogP contribution in [0.3, 0.4) is 0 Å². The number of rotatable bonds is 2. The van der Waals surface area contributed by atoms with Crippen molar-refractivity contribution in [2.75, 3.05) is 5.32 Å². The van der Waals surface area contributed by atoms with Crippen molar-refractivity contribution in [3.63, 3.8) is 0 Å². The topological polar surface area (TPSA) is 46.9 Å². The number of hydrogen-bond donors (Lipinski definition) is 1. The van der Waals surface area contributed by atoms with Gasteiger partial charge in [-0.05, 0) is 29.7 Å². The molecule has 0 bridgehead atoms. The van der Waals surface area contributed by atoms with Crippen molar-refractivity contribution in [2.24, 2.45) is 5.92 Å². The molecule has 0 fully saturated rings. The zero-order valence-corrected chi connectivity index (χ0v) is 13.6. The van der Waals surface area contributed by atoms with Crippen LogP contribution in [-0.4, -0.2) is 15.5 Å². The highest BCUT2D eigenvalue weighted by atomic mass is 16.1. The molecule has 1 unspecified atom stereocenters. The van der Waals surface area contributed by atoms with Gasteiger partial charge in [-0.1, -0.05) is 36.4 Å². The van der Waals surface area contributed by atoms with Gasteiger partial charge in [-0.15, -0.1) is 0 Å². The highest BCUT2D eigenvalue weighted by molar-refractivity contribution is 6.01. The van der Waals surface area contributed by atoms with E-state index in [4.69, 9.17) is 0 Å². The highest BCUT2D eigenvalue weighted by Crippen LogP contribution is 2.30. The van der Waals surface area contributed by atoms with Crippen LogP contribution in [0.25, 0.3) is 21.8 Å². The first kappa shape index (κ1) is 14.2. The molecular weight excluding hydrogens is 310 g/mol. The molecule has 2 aromatic carbocycles. The molecule has 1 amide bonds. The summed E-state index contributed by atoms with van der Waals surface area (Å²) in [5, 5.41) is 5.36. The molecule has 2 aromatic heterocycles. The first-order valence-corrected chi connectivity index (χ1v) is 8.51. The van der Waals surface area contributed by atoms with E-state index in [1.54, 1.807) is 6.20 Å². The van der Waals surface area contributed by atoms with Gasteiger partial charge in [-0.25, -0.2) is 0 Å². The Labute approximate surface area is 145 Å². The summed E-state index contributed by atoms with van der Waals surface area (Å²) in [6.07, 6.45) is 2.53. The molecular formula is C21H17N3O. The van der Waals surface area contributed by atoms with Gasteiger partial charge in [0, 0.05) is 35.8 Å². The lowest BCUT2D eigenvalue weighted by Gasteiger charge is -2.12. The molecule has 122 valence electrons. The largest absolute Gasteiger partial charge is 0.344 e. The molecule has 1 N–H and O–H groups in total. The van der Waals surface area contributed by atoms with Crippen molar-refractivity contribution < 1.29 is 4.79 Å². The number of fused-ring (bicyclic) bond motifs is 4. The van der Waals surface area contributed by atoms with Crippen LogP contribution in [0.15, 0.2) is 66.9 Å². The Morgan fingerprint density at radius 2 is 1.88 bits per heavy atom. The van der Waals surface area contributed by atoms with E-state index in [9.17, 15) is 4.79 Å². The van der Waals surface area contributed by atoms with Crippen LogP contribution in [0.5, 0.6) is 0 Å². The van der Waals surface area contributed by atoms with Crippen molar-refractivity contribution in [2.45, 2.75) is 13.0 Å². The van der Waals surface area contributed by atoms with Gasteiger partial charge >= 0.3 is 0 Å². The van der Waals surface area contributed by atoms with E-state index in [0.717, 1.165) is 29.6 Å². The first-order valence-electron chi connectivity index (χ1n) is 8.51. The van der Waals surface area contributed by atoms with E-state index >= 15 is 0 Å². The summed E-state index contributed by atoms with van der Waals surface area (Å²) in [6, 6.07) is 20.3. The molecule has 1 aliphatic rings. The summed E-state index contributed by atoms with van der Waals surface area (Å²) < 4.78 is 2.26. The van der Waals surface area contributed by atoms with Crippen LogP contribution in [0.1, 0.15) is 5.69 Å². The fourth-order valence-corrected chi connectivity index (χ4v) is 3.81. The fourth-order valence-electron chi connectivity index (χ4n) is 3.81. The number of amides is 1. The Morgan fingerprint density at radius 1 is 1.04 bits per heavy atom. The minimum atomic E-state index is -0.0430. The second kappa shape index (κ2) is 5.45. The lowest BCUT2D eigenvalue weighted by Crippen LogP contribution is -2.24. The third-order valence-electron chi connectivity index (χ3n) is 5.02. The number of benzene rings is 2. The van der Waals surface area contributed by atoms with Gasteiger partial charge in [0.1, 0.15) is 0 Å². The van der Waals surface area contributed by atoms with Crippen molar-refractivity contribution in [3.05, 3.63) is 72.6 Å². The lowest BCUT2D eigenvalue weighted by atomic mass is 10.0. The zero-order valence-electron chi connectivity index (χ0n) is 13.6. The predicted molar refractivity (Wildman–Crippen MR) is 99.5 cm³/mol. The SMILES string of the molecule is O=C(Nc1cccc2cccnc12)C1Cc2cc3ccccc3n2C1. The van der Waals surface area contributed by atoms with Crippen LogP contribution in [0.4, 0.5) is 5.69 Å². The smallest absolute Gasteiger partial charge is 0.229 e. The summed E-state index contributed by atoms with van der Waals surface area (Å²) >= 11 is 0. The Kier molecular flexibility index (Phi) is 3.10. The van der Waals surface area contributed by atoms with E-state index in [-0.39, 0.29) is 11.8 Å². The second-order valence-corrected chi connectivity index (χ2v) is 6.58. The summed E-state index contributed by atoms with van der Waals surface area (Å²) in [7, 11) is 0. The van der Waals surface area contributed by atoms with Crippen LogP contribution in [0, 0.1) is 5.92 Å². The predicted octanol–water partition coefficient (Wildman–Crippen LogP) is 4.00. The molecule has 3 heterocycles. The fraction of sp³-hybridized carbons (Fsp3) is 0.143. The number of para-hydroxylation sites is 2. The maximum Gasteiger partial charge on any atom is 0.229 e. The maximum absolute atomic E-state index is 12.8. The van der Waals surface area contributed by atoms with Gasteiger partial charge in [0.15, 0.2) is 0 Å². The molecule has 1 aliphatic heterocycles. The van der Waals surface area contributed by atoms with Gasteiger partial charge in [0.05, 0.1) is 17.1 Å². The minimum absolute atomic E-state index is 0.0430. The van der Waals surface area contributed by atoms with Crippen LogP contribution >= 0.6 is 0 Å². The van der Waals surface area contributed by atoms with E-state index in [0.29, 0.717) is 0 Å². The van der Waals surface area contributed by atoms with Crippen LogP contribution < -0.4 is 5.32 Å². The van der Waals surface area contributed by atoms with Crippen LogP contribution in [0.2, 0.25) is 0 Å². The average molecular weight is 327 g/mol. The normalized spacial score (nSPS) is 16.2. The Morgan fingerprint density at radius 3 is 2.84 bits per heavy atom. The number of carbonyl (C=O) groups excluding carboxylic acids is 1. The Hall–Kier alpha value is -3.14. The van der Waals surface area contributed by atoms with Crippen molar-refractivity contribution in [1.29, 1.82) is 0 Å². The number of hydrogen-bond acceptors (Lipinski definition) is 2. The lowest BCUT2D eigenvalue weighted by molar-refractivity contribution is -0.119. The number of nitrogens with zero attached hydrogens (tertiary/aromatic N) is 2. The second-order valence-electron chi connectivity index (χ2n) is 6.58. The third-order valence-corrected chi connectivity index (χ3v) is 5.02. The van der Waals surface area contributed by atoms with Gasteiger partial charge < -0.3 is 9.88 Å². The molecule has 4 aromatic rings. The number of pyridine rings is 1. The van der Waals surface area contributed by atoms with E-state index < -0.39 is 0 Å². The molecule has 25 heavy (non-hydrogen) atoms.